The van der Waals surface area contributed by atoms with Gasteiger partial charge >= 0.3 is 6.61 Å². The highest BCUT2D eigenvalue weighted by molar-refractivity contribution is 5.86. The van der Waals surface area contributed by atoms with Gasteiger partial charge in [0.05, 0.1) is 5.39 Å². The first-order valence-corrected chi connectivity index (χ1v) is 9.78. The summed E-state index contributed by atoms with van der Waals surface area (Å²) in [7, 11) is 0. The molecule has 2 aliphatic rings. The van der Waals surface area contributed by atoms with Gasteiger partial charge in [0.15, 0.2) is 11.6 Å². The Kier molecular flexibility index (Phi) is 5.04. The first kappa shape index (κ1) is 18.6. The molecule has 2 aromatic carbocycles. The third-order valence-corrected chi connectivity index (χ3v) is 6.56. The van der Waals surface area contributed by atoms with E-state index in [1.165, 1.54) is 31.4 Å². The first-order chi connectivity index (χ1) is 12.9. The van der Waals surface area contributed by atoms with Gasteiger partial charge < -0.3 is 4.74 Å². The standard InChI is InChI=1S/C22H24F4O/c1-12-2-3-14-9-15(5-4-13(14)8-12)17-10-16-6-7-19(27-22(25)26)21(24)20(16)18(23)11-17/h6-7,10-15,22H,2-5,8-9H2,1H3. The van der Waals surface area contributed by atoms with Crippen molar-refractivity contribution in [3.63, 3.8) is 0 Å². The zero-order valence-corrected chi connectivity index (χ0v) is 15.4. The second kappa shape index (κ2) is 7.33. The van der Waals surface area contributed by atoms with Crippen LogP contribution in [0.4, 0.5) is 17.6 Å². The molecular formula is C22H24F4O. The fourth-order valence-electron chi connectivity index (χ4n) is 5.22. The lowest BCUT2D eigenvalue weighted by molar-refractivity contribution is -0.0520. The molecule has 4 atom stereocenters. The molecule has 146 valence electrons. The molecule has 0 saturated heterocycles. The highest BCUT2D eigenvalue weighted by Crippen LogP contribution is 2.48. The molecule has 0 aliphatic heterocycles. The minimum atomic E-state index is -3.15. The van der Waals surface area contributed by atoms with Crippen molar-refractivity contribution in [3.05, 3.63) is 41.5 Å². The molecule has 5 heteroatoms. The maximum Gasteiger partial charge on any atom is 0.387 e. The van der Waals surface area contributed by atoms with Gasteiger partial charge in [-0.25, -0.2) is 8.78 Å². The van der Waals surface area contributed by atoms with Crippen molar-refractivity contribution in [2.45, 2.75) is 58.0 Å². The highest BCUT2D eigenvalue weighted by Gasteiger charge is 2.35. The summed E-state index contributed by atoms with van der Waals surface area (Å²) in [5.74, 6) is 0.146. The molecule has 1 nitrogen and oxygen atoms in total. The van der Waals surface area contributed by atoms with Crippen molar-refractivity contribution < 1.29 is 22.3 Å². The minimum Gasteiger partial charge on any atom is -0.432 e. The van der Waals surface area contributed by atoms with Crippen molar-refractivity contribution in [3.8, 4) is 5.75 Å². The van der Waals surface area contributed by atoms with Crippen LogP contribution in [0.15, 0.2) is 24.3 Å². The molecule has 0 aromatic heterocycles. The number of hydrogen-bond acceptors (Lipinski definition) is 1. The van der Waals surface area contributed by atoms with Crippen molar-refractivity contribution >= 4 is 10.8 Å². The summed E-state index contributed by atoms with van der Waals surface area (Å²) >= 11 is 0. The van der Waals surface area contributed by atoms with Crippen molar-refractivity contribution in [2.24, 2.45) is 17.8 Å². The predicted molar refractivity (Wildman–Crippen MR) is 97.1 cm³/mol. The van der Waals surface area contributed by atoms with E-state index in [-0.39, 0.29) is 11.3 Å². The van der Waals surface area contributed by atoms with Gasteiger partial charge in [0.1, 0.15) is 5.82 Å². The van der Waals surface area contributed by atoms with E-state index >= 15 is 0 Å². The largest absolute Gasteiger partial charge is 0.432 e. The zero-order chi connectivity index (χ0) is 19.1. The van der Waals surface area contributed by atoms with Crippen molar-refractivity contribution in [1.29, 1.82) is 0 Å². The third kappa shape index (κ3) is 3.65. The summed E-state index contributed by atoms with van der Waals surface area (Å²) in [5.41, 5.74) is 0.888. The molecule has 2 fully saturated rings. The summed E-state index contributed by atoms with van der Waals surface area (Å²) in [4.78, 5) is 0. The first-order valence-electron chi connectivity index (χ1n) is 9.78. The van der Waals surface area contributed by atoms with Crippen LogP contribution in [-0.4, -0.2) is 6.61 Å². The molecule has 0 spiro atoms. The van der Waals surface area contributed by atoms with Gasteiger partial charge in [-0.3, -0.25) is 0 Å². The van der Waals surface area contributed by atoms with E-state index in [2.05, 4.69) is 11.7 Å². The SMILES string of the molecule is CC1CCC2CC(c3cc(F)c4c(F)c(OC(F)F)ccc4c3)CCC2C1. The number of hydrogen-bond donors (Lipinski definition) is 0. The van der Waals surface area contributed by atoms with Gasteiger partial charge in [-0.05, 0) is 78.9 Å². The predicted octanol–water partition coefficient (Wildman–Crippen LogP) is 7.04. The van der Waals surface area contributed by atoms with Crippen LogP contribution >= 0.6 is 0 Å². The summed E-state index contributed by atoms with van der Waals surface area (Å²) < 4.78 is 58.0. The third-order valence-electron chi connectivity index (χ3n) is 6.56. The van der Waals surface area contributed by atoms with E-state index in [0.717, 1.165) is 42.7 Å². The fourth-order valence-corrected chi connectivity index (χ4v) is 5.22. The van der Waals surface area contributed by atoms with Crippen LogP contribution < -0.4 is 4.74 Å². The second-order valence-electron chi connectivity index (χ2n) is 8.31. The fraction of sp³-hybridized carbons (Fsp3) is 0.545. The monoisotopic (exact) mass is 380 g/mol. The number of benzene rings is 2. The van der Waals surface area contributed by atoms with E-state index in [9.17, 15) is 17.6 Å². The molecule has 0 N–H and O–H groups in total. The average molecular weight is 380 g/mol. The van der Waals surface area contributed by atoms with E-state index in [0.29, 0.717) is 11.3 Å². The Morgan fingerprint density at radius 3 is 2.48 bits per heavy atom. The van der Waals surface area contributed by atoms with Gasteiger partial charge in [0.2, 0.25) is 0 Å². The Bertz CT molecular complexity index is 835. The van der Waals surface area contributed by atoms with Gasteiger partial charge in [-0.1, -0.05) is 25.5 Å². The molecular weight excluding hydrogens is 356 g/mol. The summed E-state index contributed by atoms with van der Waals surface area (Å²) in [6.07, 6.45) is 7.03. The minimum absolute atomic E-state index is 0.276. The van der Waals surface area contributed by atoms with Gasteiger partial charge in [0.25, 0.3) is 0 Å². The normalized spacial score (nSPS) is 28.4. The van der Waals surface area contributed by atoms with E-state index in [1.807, 2.05) is 6.07 Å². The molecule has 2 aromatic rings. The van der Waals surface area contributed by atoms with Gasteiger partial charge in [-0.2, -0.15) is 8.78 Å². The van der Waals surface area contributed by atoms with Crippen LogP contribution in [0.1, 0.15) is 56.9 Å². The Labute approximate surface area is 156 Å². The molecule has 2 aliphatic carbocycles. The Morgan fingerprint density at radius 2 is 1.70 bits per heavy atom. The maximum atomic E-state index is 14.7. The van der Waals surface area contributed by atoms with Crippen LogP contribution in [0.2, 0.25) is 0 Å². The highest BCUT2D eigenvalue weighted by atomic mass is 19.3. The second-order valence-corrected chi connectivity index (χ2v) is 8.31. The smallest absolute Gasteiger partial charge is 0.387 e. The average Bonchev–Trinajstić information content (AvgIpc) is 2.63. The molecule has 0 heterocycles. The van der Waals surface area contributed by atoms with Crippen LogP contribution in [0.25, 0.3) is 10.8 Å². The summed E-state index contributed by atoms with van der Waals surface area (Å²) in [5, 5.41) is 0.112. The number of halogens is 4. The van der Waals surface area contributed by atoms with Crippen molar-refractivity contribution in [1.82, 2.24) is 0 Å². The lowest BCUT2D eigenvalue weighted by Crippen LogP contribution is -2.29. The van der Waals surface area contributed by atoms with E-state index in [4.69, 9.17) is 0 Å². The van der Waals surface area contributed by atoms with Crippen LogP contribution in [-0.2, 0) is 0 Å². The summed E-state index contributed by atoms with van der Waals surface area (Å²) in [6.45, 7) is -0.825. The van der Waals surface area contributed by atoms with Crippen molar-refractivity contribution in [2.75, 3.05) is 0 Å². The topological polar surface area (TPSA) is 9.23 Å². The van der Waals surface area contributed by atoms with Crippen LogP contribution in [0, 0.1) is 29.4 Å². The van der Waals surface area contributed by atoms with Crippen LogP contribution in [0.5, 0.6) is 5.75 Å². The Hall–Kier alpha value is -1.78. The zero-order valence-electron chi connectivity index (χ0n) is 15.4. The van der Waals surface area contributed by atoms with Gasteiger partial charge in [-0.15, -0.1) is 0 Å². The molecule has 0 amide bonds. The molecule has 4 unspecified atom stereocenters. The molecule has 4 rings (SSSR count). The Morgan fingerprint density at radius 1 is 0.963 bits per heavy atom. The molecule has 0 radical (unpaired) electrons. The maximum absolute atomic E-state index is 14.7. The number of ether oxygens (including phenoxy) is 1. The quantitative estimate of drug-likeness (QED) is 0.519. The van der Waals surface area contributed by atoms with Crippen LogP contribution in [0.3, 0.4) is 0 Å². The van der Waals surface area contributed by atoms with Gasteiger partial charge in [0, 0.05) is 0 Å². The lowest BCUT2D eigenvalue weighted by Gasteiger charge is -2.41. The molecule has 2 saturated carbocycles. The van der Waals surface area contributed by atoms with E-state index in [1.54, 1.807) is 0 Å². The van der Waals surface area contributed by atoms with E-state index < -0.39 is 24.0 Å². The number of fused-ring (bicyclic) bond motifs is 2. The summed E-state index contributed by atoms with van der Waals surface area (Å²) in [6, 6.07) is 5.79. The number of alkyl halides is 2. The molecule has 0 bridgehead atoms. The Balaban J connectivity index is 1.62. The lowest BCUT2D eigenvalue weighted by atomic mass is 9.64. The molecule has 27 heavy (non-hydrogen) atoms. The number of rotatable bonds is 3.